The first-order valence-corrected chi connectivity index (χ1v) is 9.54. The predicted molar refractivity (Wildman–Crippen MR) is 96.3 cm³/mol. The number of piperazine rings is 1. The van der Waals surface area contributed by atoms with Crippen LogP contribution in [-0.2, 0) is 10.0 Å². The highest BCUT2D eigenvalue weighted by atomic mass is 32.2. The van der Waals surface area contributed by atoms with Gasteiger partial charge in [0.15, 0.2) is 0 Å². The van der Waals surface area contributed by atoms with E-state index in [1.54, 1.807) is 42.6 Å². The third-order valence-electron chi connectivity index (χ3n) is 4.11. The smallest absolute Gasteiger partial charge is 0.295 e. The third kappa shape index (κ3) is 3.18. The SMILES string of the molecule is O=S(=O)(Nc1ccccc1)c1cc2c(N3CCNCC3)nccc2o1. The number of nitrogens with zero attached hydrogens (tertiary/aromatic N) is 2. The summed E-state index contributed by atoms with van der Waals surface area (Å²) < 4.78 is 33.4. The van der Waals surface area contributed by atoms with Gasteiger partial charge in [0.05, 0.1) is 5.39 Å². The van der Waals surface area contributed by atoms with Crippen molar-refractivity contribution in [3.63, 3.8) is 0 Å². The minimum atomic E-state index is -3.80. The summed E-state index contributed by atoms with van der Waals surface area (Å²) in [5.74, 6) is 0.754. The van der Waals surface area contributed by atoms with Gasteiger partial charge >= 0.3 is 0 Å². The van der Waals surface area contributed by atoms with Gasteiger partial charge in [-0.25, -0.2) is 4.98 Å². The molecule has 0 aliphatic carbocycles. The average molecular weight is 358 g/mol. The van der Waals surface area contributed by atoms with Gasteiger partial charge in [0, 0.05) is 44.1 Å². The second-order valence-corrected chi connectivity index (χ2v) is 7.43. The van der Waals surface area contributed by atoms with Crippen molar-refractivity contribution in [1.29, 1.82) is 0 Å². The van der Waals surface area contributed by atoms with E-state index >= 15 is 0 Å². The van der Waals surface area contributed by atoms with Gasteiger partial charge in [-0.15, -0.1) is 0 Å². The molecule has 2 N–H and O–H groups in total. The van der Waals surface area contributed by atoms with Crippen LogP contribution in [0.3, 0.4) is 0 Å². The third-order valence-corrected chi connectivity index (χ3v) is 5.34. The zero-order chi connectivity index (χ0) is 17.3. The van der Waals surface area contributed by atoms with Gasteiger partial charge in [-0.1, -0.05) is 18.2 Å². The Morgan fingerprint density at radius 3 is 2.64 bits per heavy atom. The molecule has 7 nitrogen and oxygen atoms in total. The molecule has 0 atom stereocenters. The van der Waals surface area contributed by atoms with Gasteiger partial charge < -0.3 is 14.6 Å². The van der Waals surface area contributed by atoms with Crippen molar-refractivity contribution in [2.75, 3.05) is 35.8 Å². The molecular weight excluding hydrogens is 340 g/mol. The number of rotatable bonds is 4. The number of pyridine rings is 1. The van der Waals surface area contributed by atoms with Crippen LogP contribution in [0.4, 0.5) is 11.5 Å². The molecule has 0 unspecified atom stereocenters. The Hall–Kier alpha value is -2.58. The summed E-state index contributed by atoms with van der Waals surface area (Å²) >= 11 is 0. The lowest BCUT2D eigenvalue weighted by atomic mass is 10.2. The number of anilines is 2. The van der Waals surface area contributed by atoms with E-state index in [-0.39, 0.29) is 5.09 Å². The van der Waals surface area contributed by atoms with E-state index in [0.717, 1.165) is 32.0 Å². The maximum atomic E-state index is 12.6. The molecule has 1 saturated heterocycles. The van der Waals surface area contributed by atoms with E-state index in [1.807, 2.05) is 6.07 Å². The standard InChI is InChI=1S/C17H18N4O3S/c22-25(23,20-13-4-2-1-3-5-13)16-12-14-15(24-16)6-7-19-17(14)21-10-8-18-9-11-21/h1-7,12,18,20H,8-11H2. The number of hydrogen-bond acceptors (Lipinski definition) is 6. The van der Waals surface area contributed by atoms with Crippen LogP contribution in [0.15, 0.2) is 58.2 Å². The largest absolute Gasteiger partial charge is 0.443 e. The molecule has 0 amide bonds. The van der Waals surface area contributed by atoms with E-state index in [4.69, 9.17) is 4.42 Å². The number of nitrogens with one attached hydrogen (secondary N) is 2. The second-order valence-electron chi connectivity index (χ2n) is 5.82. The summed E-state index contributed by atoms with van der Waals surface area (Å²) in [4.78, 5) is 6.57. The molecule has 0 radical (unpaired) electrons. The van der Waals surface area contributed by atoms with E-state index in [9.17, 15) is 8.42 Å². The van der Waals surface area contributed by atoms with E-state index in [0.29, 0.717) is 16.7 Å². The molecule has 0 saturated carbocycles. The van der Waals surface area contributed by atoms with Gasteiger partial charge in [0.1, 0.15) is 11.4 Å². The van der Waals surface area contributed by atoms with Crippen LogP contribution < -0.4 is 14.9 Å². The summed E-state index contributed by atoms with van der Waals surface area (Å²) in [6.07, 6.45) is 1.64. The summed E-state index contributed by atoms with van der Waals surface area (Å²) in [6, 6.07) is 12.0. The molecule has 25 heavy (non-hydrogen) atoms. The predicted octanol–water partition coefficient (Wildman–Crippen LogP) is 2.04. The van der Waals surface area contributed by atoms with Gasteiger partial charge in [-0.05, 0) is 18.2 Å². The van der Waals surface area contributed by atoms with Crippen molar-refractivity contribution in [3.8, 4) is 0 Å². The van der Waals surface area contributed by atoms with E-state index in [1.165, 1.54) is 0 Å². The van der Waals surface area contributed by atoms with Gasteiger partial charge in [0.25, 0.3) is 10.0 Å². The van der Waals surface area contributed by atoms with E-state index < -0.39 is 10.0 Å². The van der Waals surface area contributed by atoms with Crippen molar-refractivity contribution in [2.45, 2.75) is 5.09 Å². The van der Waals surface area contributed by atoms with Crippen LogP contribution in [0.1, 0.15) is 0 Å². The fourth-order valence-corrected chi connectivity index (χ4v) is 3.92. The Kier molecular flexibility index (Phi) is 4.06. The molecule has 2 aromatic heterocycles. The quantitative estimate of drug-likeness (QED) is 0.742. The van der Waals surface area contributed by atoms with Crippen molar-refractivity contribution in [3.05, 3.63) is 48.7 Å². The molecule has 0 spiro atoms. The Labute approximate surface area is 145 Å². The summed E-state index contributed by atoms with van der Waals surface area (Å²) in [7, 11) is -3.80. The first-order valence-electron chi connectivity index (χ1n) is 8.05. The Balaban J connectivity index is 1.71. The average Bonchev–Trinajstić information content (AvgIpc) is 3.08. The van der Waals surface area contributed by atoms with Crippen LogP contribution in [0.2, 0.25) is 0 Å². The van der Waals surface area contributed by atoms with Crippen molar-refractivity contribution in [2.24, 2.45) is 0 Å². The van der Waals surface area contributed by atoms with Crippen LogP contribution in [0.25, 0.3) is 11.0 Å². The molecule has 4 rings (SSSR count). The lowest BCUT2D eigenvalue weighted by molar-refractivity contribution is 0.484. The zero-order valence-corrected chi connectivity index (χ0v) is 14.3. The van der Waals surface area contributed by atoms with Crippen molar-refractivity contribution < 1.29 is 12.8 Å². The molecule has 3 heterocycles. The molecule has 1 fully saturated rings. The lowest BCUT2D eigenvalue weighted by Crippen LogP contribution is -2.43. The Morgan fingerprint density at radius 2 is 1.88 bits per heavy atom. The summed E-state index contributed by atoms with van der Waals surface area (Å²) in [5, 5.41) is 3.88. The molecular formula is C17H18N4O3S. The fraction of sp³-hybridized carbons (Fsp3) is 0.235. The first kappa shape index (κ1) is 15.9. The van der Waals surface area contributed by atoms with Crippen LogP contribution in [0, 0.1) is 0 Å². The minimum Gasteiger partial charge on any atom is -0.443 e. The van der Waals surface area contributed by atoms with Gasteiger partial charge in [0.2, 0.25) is 5.09 Å². The molecule has 1 aliphatic rings. The van der Waals surface area contributed by atoms with Crippen LogP contribution >= 0.6 is 0 Å². The lowest BCUT2D eigenvalue weighted by Gasteiger charge is -2.28. The molecule has 1 aromatic carbocycles. The Morgan fingerprint density at radius 1 is 1.12 bits per heavy atom. The molecule has 8 heteroatoms. The molecule has 0 bridgehead atoms. The Bertz CT molecular complexity index is 980. The van der Waals surface area contributed by atoms with Crippen LogP contribution in [0.5, 0.6) is 0 Å². The maximum absolute atomic E-state index is 12.6. The maximum Gasteiger partial charge on any atom is 0.295 e. The second kappa shape index (κ2) is 6.38. The number of aromatic nitrogens is 1. The highest BCUT2D eigenvalue weighted by Gasteiger charge is 2.23. The highest BCUT2D eigenvalue weighted by Crippen LogP contribution is 2.30. The van der Waals surface area contributed by atoms with Crippen molar-refractivity contribution in [1.82, 2.24) is 10.3 Å². The topological polar surface area (TPSA) is 87.5 Å². The molecule has 1 aliphatic heterocycles. The van der Waals surface area contributed by atoms with Gasteiger partial charge in [-0.3, -0.25) is 4.72 Å². The number of furan rings is 1. The molecule has 130 valence electrons. The molecule has 3 aromatic rings. The van der Waals surface area contributed by atoms with Crippen LogP contribution in [-0.4, -0.2) is 39.6 Å². The highest BCUT2D eigenvalue weighted by molar-refractivity contribution is 7.92. The number of para-hydroxylation sites is 1. The van der Waals surface area contributed by atoms with Crippen molar-refractivity contribution >= 4 is 32.5 Å². The summed E-state index contributed by atoms with van der Waals surface area (Å²) in [5.41, 5.74) is 1.00. The number of hydrogen-bond donors (Lipinski definition) is 2. The normalized spacial score (nSPS) is 15.4. The number of benzene rings is 1. The summed E-state index contributed by atoms with van der Waals surface area (Å²) in [6.45, 7) is 3.39. The van der Waals surface area contributed by atoms with Gasteiger partial charge in [-0.2, -0.15) is 8.42 Å². The van der Waals surface area contributed by atoms with E-state index in [2.05, 4.69) is 19.9 Å². The zero-order valence-electron chi connectivity index (χ0n) is 13.5. The number of fused-ring (bicyclic) bond motifs is 1. The fourth-order valence-electron chi connectivity index (χ4n) is 2.90. The number of sulfonamides is 1. The monoisotopic (exact) mass is 358 g/mol. The minimum absolute atomic E-state index is 0.115. The first-order chi connectivity index (χ1) is 12.1.